The minimum Gasteiger partial charge on any atom is -0.384 e. The molecule has 1 saturated heterocycles. The number of hydrogen-bond acceptors (Lipinski definition) is 9. The molecule has 2 aromatic rings. The highest BCUT2D eigenvalue weighted by atomic mass is 19.3. The van der Waals surface area contributed by atoms with Crippen molar-refractivity contribution in [3.63, 3.8) is 0 Å². The van der Waals surface area contributed by atoms with Crippen LogP contribution in [0, 0.1) is 5.92 Å². The molecule has 1 aromatic heterocycles. The molecule has 38 heavy (non-hydrogen) atoms. The summed E-state index contributed by atoms with van der Waals surface area (Å²) in [6.45, 7) is 3.34. The van der Waals surface area contributed by atoms with Crippen molar-refractivity contribution in [2.24, 2.45) is 26.6 Å². The molecule has 0 spiro atoms. The van der Waals surface area contributed by atoms with Gasteiger partial charge in [-0.1, -0.05) is 0 Å². The fraction of sp³-hybridized carbons (Fsp3) is 0.333. The second-order valence-electron chi connectivity index (χ2n) is 8.90. The van der Waals surface area contributed by atoms with Gasteiger partial charge < -0.3 is 21.3 Å². The van der Waals surface area contributed by atoms with Gasteiger partial charge in [0.05, 0.1) is 12.7 Å². The lowest BCUT2D eigenvalue weighted by Gasteiger charge is -2.28. The van der Waals surface area contributed by atoms with Crippen LogP contribution < -0.4 is 21.3 Å². The molecule has 200 valence electrons. The third-order valence-electron chi connectivity index (χ3n) is 6.05. The first-order valence-corrected chi connectivity index (χ1v) is 12.5. The van der Waals surface area contributed by atoms with E-state index >= 15 is 0 Å². The summed E-state index contributed by atoms with van der Waals surface area (Å²) in [4.78, 5) is 23.1. The first-order valence-electron chi connectivity index (χ1n) is 12.5. The number of anilines is 2. The number of nitrogens with zero attached hydrogens (tertiary/aromatic N) is 5. The van der Waals surface area contributed by atoms with Gasteiger partial charge in [0, 0.05) is 61.2 Å². The van der Waals surface area contributed by atoms with E-state index < -0.39 is 6.67 Å². The van der Waals surface area contributed by atoms with Crippen LogP contribution in [-0.2, 0) is 6.54 Å². The number of pyridine rings is 1. The zero-order valence-corrected chi connectivity index (χ0v) is 21.1. The van der Waals surface area contributed by atoms with E-state index in [1.807, 2.05) is 24.4 Å². The Labute approximate surface area is 220 Å². The van der Waals surface area contributed by atoms with Crippen LogP contribution in [0.1, 0.15) is 18.4 Å². The van der Waals surface area contributed by atoms with Crippen LogP contribution in [-0.4, -0.2) is 61.4 Å². The van der Waals surface area contributed by atoms with Crippen molar-refractivity contribution in [2.45, 2.75) is 19.4 Å². The number of aliphatic imine (C=N–C) groups is 3. The molecule has 9 nitrogen and oxygen atoms in total. The van der Waals surface area contributed by atoms with Gasteiger partial charge in [0.1, 0.15) is 24.0 Å². The molecule has 1 saturated carbocycles. The molecule has 1 aliphatic heterocycles. The zero-order chi connectivity index (χ0) is 26.6. The molecule has 1 aliphatic carbocycles. The van der Waals surface area contributed by atoms with Gasteiger partial charge in [-0.15, -0.1) is 0 Å². The molecule has 0 bridgehead atoms. The first-order chi connectivity index (χ1) is 18.7. The zero-order valence-electron chi connectivity index (χ0n) is 21.1. The third-order valence-corrected chi connectivity index (χ3v) is 6.05. The Morgan fingerprint density at radius 1 is 1.24 bits per heavy atom. The van der Waals surface area contributed by atoms with Crippen LogP contribution in [0.4, 0.5) is 26.1 Å². The van der Waals surface area contributed by atoms with Crippen molar-refractivity contribution in [2.75, 3.05) is 38.2 Å². The van der Waals surface area contributed by atoms with E-state index in [0.29, 0.717) is 29.8 Å². The minimum absolute atomic E-state index is 0.0981. The molecule has 0 radical (unpaired) electrons. The van der Waals surface area contributed by atoms with Crippen LogP contribution >= 0.6 is 0 Å². The van der Waals surface area contributed by atoms with E-state index in [2.05, 4.69) is 40.4 Å². The Morgan fingerprint density at radius 2 is 2.08 bits per heavy atom. The summed E-state index contributed by atoms with van der Waals surface area (Å²) in [5.74, 6) is 1.69. The highest BCUT2D eigenvalue weighted by Gasteiger charge is 2.24. The van der Waals surface area contributed by atoms with Crippen molar-refractivity contribution in [3.05, 3.63) is 65.8 Å². The summed E-state index contributed by atoms with van der Waals surface area (Å²) in [6.07, 6.45) is 12.4. The van der Waals surface area contributed by atoms with E-state index in [1.165, 1.54) is 6.07 Å². The van der Waals surface area contributed by atoms with Crippen LogP contribution in [0.25, 0.3) is 0 Å². The van der Waals surface area contributed by atoms with Crippen molar-refractivity contribution in [3.8, 4) is 5.75 Å². The lowest BCUT2D eigenvalue weighted by molar-refractivity contribution is -0.00539. The molecule has 1 aromatic carbocycles. The predicted molar refractivity (Wildman–Crippen MR) is 148 cm³/mol. The van der Waals surface area contributed by atoms with E-state index in [1.54, 1.807) is 30.7 Å². The molecule has 0 amide bonds. The van der Waals surface area contributed by atoms with Crippen LogP contribution in [0.3, 0.4) is 0 Å². The number of alkyl halides is 1. The molecule has 4 rings (SSSR count). The molecule has 0 unspecified atom stereocenters. The summed E-state index contributed by atoms with van der Waals surface area (Å²) in [7, 11) is 0. The second kappa shape index (κ2) is 14.0. The number of benzene rings is 1. The molecule has 4 N–H and O–H groups in total. The van der Waals surface area contributed by atoms with Gasteiger partial charge >= 0.3 is 0 Å². The summed E-state index contributed by atoms with van der Waals surface area (Å²) in [6, 6.07) is 8.33. The lowest BCUT2D eigenvalue weighted by atomic mass is 10.2. The summed E-state index contributed by atoms with van der Waals surface area (Å²) < 4.78 is 25.1. The molecular formula is C27H32F2N8O. The number of nitrogens with one attached hydrogen (secondary N) is 2. The van der Waals surface area contributed by atoms with Crippen molar-refractivity contribution >= 4 is 35.8 Å². The van der Waals surface area contributed by atoms with Crippen molar-refractivity contribution in [1.29, 1.82) is 0 Å². The average molecular weight is 523 g/mol. The lowest BCUT2D eigenvalue weighted by Crippen LogP contribution is -2.44. The quantitative estimate of drug-likeness (QED) is 0.356. The van der Waals surface area contributed by atoms with Crippen molar-refractivity contribution in [1.82, 2.24) is 15.2 Å². The van der Waals surface area contributed by atoms with Gasteiger partial charge in [0.25, 0.3) is 0 Å². The van der Waals surface area contributed by atoms with E-state index in [0.717, 1.165) is 56.4 Å². The maximum Gasteiger partial charge on any atom is 0.197 e. The largest absolute Gasteiger partial charge is 0.384 e. The van der Waals surface area contributed by atoms with Crippen LogP contribution in [0.15, 0.2) is 75.2 Å². The molecular weight excluding hydrogens is 490 g/mol. The molecule has 11 heteroatoms. The van der Waals surface area contributed by atoms with Crippen molar-refractivity contribution < 1.29 is 13.9 Å². The average Bonchev–Trinajstić information content (AvgIpc) is 3.79. The normalized spacial score (nSPS) is 17.2. The van der Waals surface area contributed by atoms with Gasteiger partial charge in [-0.05, 0) is 66.3 Å². The van der Waals surface area contributed by atoms with Gasteiger partial charge in [-0.2, -0.15) is 0 Å². The van der Waals surface area contributed by atoms with Gasteiger partial charge in [-0.3, -0.25) is 19.9 Å². The van der Waals surface area contributed by atoms with E-state index in [4.69, 9.17) is 5.73 Å². The predicted octanol–water partition coefficient (Wildman–Crippen LogP) is 4.40. The number of allylic oxidation sites excluding steroid dienone is 2. The van der Waals surface area contributed by atoms with Crippen LogP contribution in [0.5, 0.6) is 5.75 Å². The maximum absolute atomic E-state index is 12.7. The Hall–Kier alpha value is -4.12. The fourth-order valence-electron chi connectivity index (χ4n) is 3.89. The van der Waals surface area contributed by atoms with Gasteiger partial charge in [-0.25, -0.2) is 9.37 Å². The molecule has 0 atom stereocenters. The smallest absolute Gasteiger partial charge is 0.197 e. The maximum atomic E-state index is 12.7. The molecule has 2 fully saturated rings. The van der Waals surface area contributed by atoms with Gasteiger partial charge in [0.2, 0.25) is 0 Å². The summed E-state index contributed by atoms with van der Waals surface area (Å²) in [5, 5.41) is 6.45. The highest BCUT2D eigenvalue weighted by Crippen LogP contribution is 2.35. The molecule has 2 heterocycles. The Balaban J connectivity index is 1.35. The molecule has 2 aliphatic rings. The number of aromatic nitrogens is 1. The van der Waals surface area contributed by atoms with Gasteiger partial charge in [0.15, 0.2) is 5.75 Å². The Kier molecular flexibility index (Phi) is 9.91. The number of rotatable bonds is 12. The number of halogens is 2. The number of hydrogen-bond donors (Lipinski definition) is 3. The SMILES string of the molecule is N/C(=C/N=C\C(=C\C=N/Cc1ccnc(Nc2ccc(OF)c(/N=C/CF)c2)c1)C1CC1)N1CCNCC1. The number of piperazine rings is 1. The van der Waals surface area contributed by atoms with E-state index in [-0.39, 0.29) is 11.4 Å². The fourth-order valence-corrected chi connectivity index (χ4v) is 3.89. The first kappa shape index (κ1) is 26.9. The summed E-state index contributed by atoms with van der Waals surface area (Å²) >= 11 is 0. The topological polar surface area (TPSA) is 113 Å². The monoisotopic (exact) mass is 522 g/mol. The minimum atomic E-state index is -0.764. The van der Waals surface area contributed by atoms with E-state index in [9.17, 15) is 8.92 Å². The third kappa shape index (κ3) is 8.20. The highest BCUT2D eigenvalue weighted by molar-refractivity contribution is 5.88. The Morgan fingerprint density at radius 3 is 2.84 bits per heavy atom. The Bertz CT molecular complexity index is 1220. The second-order valence-corrected chi connectivity index (χ2v) is 8.90. The number of nitrogens with two attached hydrogens (primary N) is 1. The van der Waals surface area contributed by atoms with Crippen LogP contribution in [0.2, 0.25) is 0 Å². The summed E-state index contributed by atoms with van der Waals surface area (Å²) in [5.41, 5.74) is 9.03. The standard InChI is InChI=1S/C27H32F2N8O/c28-7-10-34-24-16-23(3-4-25(24)38-29)36-27-15-20(5-9-35-27)17-32-8-6-22(21-1-2-21)18-33-19-26(30)37-13-11-31-12-14-37/h3-6,8-10,15-16,18-19,21,31H,1-2,7,11-14,17,30H2,(H,35,36)/b22-6-,26-19-,32-8-,33-18-,34-10+.